The van der Waals surface area contributed by atoms with Gasteiger partial charge in [-0.25, -0.2) is 17.5 Å². The number of rotatable bonds is 8. The summed E-state index contributed by atoms with van der Waals surface area (Å²) in [6, 6.07) is 6.32. The quantitative estimate of drug-likeness (QED) is 0.567. The van der Waals surface area contributed by atoms with E-state index in [-0.39, 0.29) is 10.8 Å². The molecule has 0 aliphatic rings. The summed E-state index contributed by atoms with van der Waals surface area (Å²) >= 11 is 0. The highest BCUT2D eigenvalue weighted by Gasteiger charge is 2.33. The molecule has 12 heteroatoms. The minimum Gasteiger partial charge on any atom is -0.302 e. The summed E-state index contributed by atoms with van der Waals surface area (Å²) in [5.74, 6) is -0.699. The first-order chi connectivity index (χ1) is 10.3. The van der Waals surface area contributed by atoms with Crippen molar-refractivity contribution < 1.29 is 41.1 Å². The van der Waals surface area contributed by atoms with Crippen LogP contribution < -0.4 is 0 Å². The van der Waals surface area contributed by atoms with Gasteiger partial charge < -0.3 is 14.7 Å². The lowest BCUT2D eigenvalue weighted by molar-refractivity contribution is 0.185. The molecule has 0 saturated heterocycles. The zero-order valence-electron chi connectivity index (χ0n) is 12.4. The lowest BCUT2D eigenvalue weighted by Crippen LogP contribution is -2.14. The predicted molar refractivity (Wildman–Crippen MR) is 81.5 cm³/mol. The van der Waals surface area contributed by atoms with E-state index in [0.29, 0.717) is 5.56 Å². The normalized spacial score (nSPS) is 15.6. The van der Waals surface area contributed by atoms with Crippen molar-refractivity contribution in [2.75, 3.05) is 12.4 Å². The second-order valence-electron chi connectivity index (χ2n) is 4.89. The Bertz CT molecular complexity index is 738. The Morgan fingerprint density at radius 1 is 1.13 bits per heavy atom. The van der Waals surface area contributed by atoms with Crippen molar-refractivity contribution in [3.8, 4) is 0 Å². The average molecular weight is 388 g/mol. The molecule has 0 aromatic heterocycles. The molecule has 1 unspecified atom stereocenters. The SMILES string of the molecule is CC(C)c1ccccc1S(=O)(=O)CCOP(=O)(O)OP(=O)(O)O. The second kappa shape index (κ2) is 7.55. The number of sulfone groups is 1. The van der Waals surface area contributed by atoms with E-state index in [1.54, 1.807) is 18.2 Å². The minimum absolute atomic E-state index is 0.0520. The molecule has 0 heterocycles. The maximum absolute atomic E-state index is 12.3. The number of hydrogen-bond acceptors (Lipinski definition) is 6. The van der Waals surface area contributed by atoms with E-state index in [9.17, 15) is 17.5 Å². The molecule has 23 heavy (non-hydrogen) atoms. The zero-order chi connectivity index (χ0) is 17.9. The first-order valence-corrected chi connectivity index (χ1v) is 11.1. The molecule has 1 atom stereocenters. The highest BCUT2D eigenvalue weighted by atomic mass is 32.2. The van der Waals surface area contributed by atoms with E-state index in [1.165, 1.54) is 6.07 Å². The fraction of sp³-hybridized carbons (Fsp3) is 0.455. The van der Waals surface area contributed by atoms with Crippen LogP contribution in [0.3, 0.4) is 0 Å². The van der Waals surface area contributed by atoms with Crippen LogP contribution in [0.1, 0.15) is 25.3 Å². The van der Waals surface area contributed by atoms with Crippen molar-refractivity contribution in [1.82, 2.24) is 0 Å². The van der Waals surface area contributed by atoms with Gasteiger partial charge in [0.05, 0.1) is 17.3 Å². The second-order valence-corrected chi connectivity index (χ2v) is 9.79. The summed E-state index contributed by atoms with van der Waals surface area (Å²) in [5, 5.41) is 0. The molecule has 0 spiro atoms. The molecule has 0 aliphatic carbocycles. The fourth-order valence-electron chi connectivity index (χ4n) is 1.77. The standard InChI is InChI=1S/C11H18O9P2S/c1-9(2)10-5-3-4-6-11(10)23(17,18)8-7-19-22(15,16)20-21(12,13)14/h3-6,9H,7-8H2,1-2H3,(H,15,16)(H2,12,13,14). The largest absolute Gasteiger partial charge is 0.481 e. The molecule has 1 rings (SSSR count). The van der Waals surface area contributed by atoms with Crippen molar-refractivity contribution in [2.45, 2.75) is 24.7 Å². The highest BCUT2D eigenvalue weighted by Crippen LogP contribution is 2.57. The Hall–Kier alpha value is -0.570. The smallest absolute Gasteiger partial charge is 0.302 e. The Balaban J connectivity index is 2.82. The van der Waals surface area contributed by atoms with E-state index in [0.717, 1.165) is 0 Å². The topological polar surface area (TPSA) is 147 Å². The lowest BCUT2D eigenvalue weighted by Gasteiger charge is -2.14. The first-order valence-electron chi connectivity index (χ1n) is 6.40. The van der Waals surface area contributed by atoms with Crippen LogP contribution in [0.15, 0.2) is 29.2 Å². The minimum atomic E-state index is -5.23. The van der Waals surface area contributed by atoms with Crippen LogP contribution in [0.2, 0.25) is 0 Å². The van der Waals surface area contributed by atoms with Gasteiger partial charge in [-0.15, -0.1) is 0 Å². The molecule has 9 nitrogen and oxygen atoms in total. The lowest BCUT2D eigenvalue weighted by atomic mass is 10.0. The summed E-state index contributed by atoms with van der Waals surface area (Å²) < 4.78 is 54.2. The van der Waals surface area contributed by atoms with Gasteiger partial charge in [0.1, 0.15) is 0 Å². The van der Waals surface area contributed by atoms with Crippen molar-refractivity contribution >= 4 is 25.5 Å². The third-order valence-electron chi connectivity index (χ3n) is 2.69. The van der Waals surface area contributed by atoms with Crippen LogP contribution in [-0.4, -0.2) is 35.5 Å². The molecule has 0 aliphatic heterocycles. The third-order valence-corrected chi connectivity index (χ3v) is 6.62. The van der Waals surface area contributed by atoms with Gasteiger partial charge in [0.15, 0.2) is 9.84 Å². The summed E-state index contributed by atoms with van der Waals surface area (Å²) in [6.45, 7) is 2.88. The van der Waals surface area contributed by atoms with Crippen molar-refractivity contribution in [3.63, 3.8) is 0 Å². The molecular weight excluding hydrogens is 370 g/mol. The Morgan fingerprint density at radius 3 is 2.22 bits per heavy atom. The van der Waals surface area contributed by atoms with Crippen LogP contribution >= 0.6 is 15.6 Å². The number of hydrogen-bond donors (Lipinski definition) is 3. The average Bonchev–Trinajstić information content (AvgIpc) is 2.35. The van der Waals surface area contributed by atoms with Gasteiger partial charge in [-0.05, 0) is 17.5 Å². The van der Waals surface area contributed by atoms with Crippen LogP contribution in [0, 0.1) is 0 Å². The van der Waals surface area contributed by atoms with Crippen molar-refractivity contribution in [3.05, 3.63) is 29.8 Å². The Kier molecular flexibility index (Phi) is 6.72. The Labute approximate surface area is 134 Å². The molecule has 0 fully saturated rings. The Morgan fingerprint density at radius 2 is 1.70 bits per heavy atom. The predicted octanol–water partition coefficient (Wildman–Crippen LogP) is 1.81. The summed E-state index contributed by atoms with van der Waals surface area (Å²) in [5.41, 5.74) is 0.589. The summed E-state index contributed by atoms with van der Waals surface area (Å²) in [4.78, 5) is 26.0. The van der Waals surface area contributed by atoms with E-state index in [4.69, 9.17) is 14.7 Å². The van der Waals surface area contributed by atoms with E-state index >= 15 is 0 Å². The van der Waals surface area contributed by atoms with Crippen LogP contribution in [0.4, 0.5) is 0 Å². The van der Waals surface area contributed by atoms with Crippen LogP contribution in [0.25, 0.3) is 0 Å². The van der Waals surface area contributed by atoms with Gasteiger partial charge in [0, 0.05) is 0 Å². The number of phosphoric ester groups is 1. The van der Waals surface area contributed by atoms with Gasteiger partial charge >= 0.3 is 15.6 Å². The van der Waals surface area contributed by atoms with Gasteiger partial charge in [0.2, 0.25) is 0 Å². The van der Waals surface area contributed by atoms with E-state index in [2.05, 4.69) is 8.83 Å². The van der Waals surface area contributed by atoms with Gasteiger partial charge in [-0.1, -0.05) is 32.0 Å². The zero-order valence-corrected chi connectivity index (χ0v) is 15.0. The molecule has 1 aromatic carbocycles. The molecule has 0 bridgehead atoms. The molecule has 3 N–H and O–H groups in total. The first kappa shape index (κ1) is 20.5. The summed E-state index contributed by atoms with van der Waals surface area (Å²) in [6.07, 6.45) is 0. The molecule has 0 radical (unpaired) electrons. The van der Waals surface area contributed by atoms with Crippen LogP contribution in [0.5, 0.6) is 0 Å². The van der Waals surface area contributed by atoms with E-state index < -0.39 is 37.8 Å². The molecule has 132 valence electrons. The van der Waals surface area contributed by atoms with Crippen molar-refractivity contribution in [2.24, 2.45) is 0 Å². The molecule has 1 aromatic rings. The van der Waals surface area contributed by atoms with Gasteiger partial charge in [-0.3, -0.25) is 4.52 Å². The van der Waals surface area contributed by atoms with Gasteiger partial charge in [0.25, 0.3) is 0 Å². The van der Waals surface area contributed by atoms with Crippen molar-refractivity contribution in [1.29, 1.82) is 0 Å². The highest BCUT2D eigenvalue weighted by molar-refractivity contribution is 7.91. The molecule has 0 amide bonds. The van der Waals surface area contributed by atoms with Crippen LogP contribution in [-0.2, 0) is 27.8 Å². The third kappa shape index (κ3) is 6.82. The summed E-state index contributed by atoms with van der Waals surface area (Å²) in [7, 11) is -14.1. The molecule has 0 saturated carbocycles. The maximum atomic E-state index is 12.3. The fourth-order valence-corrected chi connectivity index (χ4v) is 4.95. The van der Waals surface area contributed by atoms with E-state index in [1.807, 2.05) is 13.8 Å². The monoisotopic (exact) mass is 388 g/mol. The molecular formula is C11H18O9P2S. The number of benzene rings is 1. The maximum Gasteiger partial charge on any atom is 0.481 e. The van der Waals surface area contributed by atoms with Gasteiger partial charge in [-0.2, -0.15) is 4.31 Å². The number of phosphoric acid groups is 2.